The van der Waals surface area contributed by atoms with Crippen molar-refractivity contribution in [3.63, 3.8) is 0 Å². The zero-order valence-electron chi connectivity index (χ0n) is 12.3. The summed E-state index contributed by atoms with van der Waals surface area (Å²) in [6.07, 6.45) is 1.40. The molecule has 2 N–H and O–H groups in total. The summed E-state index contributed by atoms with van der Waals surface area (Å²) in [5, 5.41) is 9.28. The Hall–Kier alpha value is -2.74. The first-order chi connectivity index (χ1) is 11.6. The van der Waals surface area contributed by atoms with Gasteiger partial charge in [-0.25, -0.2) is 13.8 Å². The fourth-order valence-corrected chi connectivity index (χ4v) is 2.72. The summed E-state index contributed by atoms with van der Waals surface area (Å²) >= 11 is 1.13. The fraction of sp³-hybridized carbons (Fsp3) is 0.0625. The topological polar surface area (TPSA) is 70.7 Å². The first-order valence-electron chi connectivity index (χ1n) is 6.95. The molecular formula is C16H12F2N4OS. The van der Waals surface area contributed by atoms with Crippen molar-refractivity contribution in [3.05, 3.63) is 60.4 Å². The molecule has 0 saturated heterocycles. The minimum absolute atomic E-state index is 0.0810. The zero-order valence-corrected chi connectivity index (χ0v) is 13.1. The molecule has 0 atom stereocenters. The van der Waals surface area contributed by atoms with Gasteiger partial charge in [-0.3, -0.25) is 9.89 Å². The molecule has 1 aromatic heterocycles. The van der Waals surface area contributed by atoms with Gasteiger partial charge in [0.25, 0.3) is 0 Å². The number of nitrogens with zero attached hydrogens (tertiary/aromatic N) is 2. The summed E-state index contributed by atoms with van der Waals surface area (Å²) in [5.74, 6) is -1.41. The molecule has 0 radical (unpaired) electrons. The molecule has 5 nitrogen and oxygen atoms in total. The van der Waals surface area contributed by atoms with Crippen LogP contribution < -0.4 is 5.32 Å². The number of hydrogen-bond acceptors (Lipinski definition) is 4. The van der Waals surface area contributed by atoms with Crippen LogP contribution in [0.4, 0.5) is 14.5 Å². The number of carbonyl (C=O) groups excluding carboxylic acids is 1. The second-order valence-corrected chi connectivity index (χ2v) is 5.88. The number of halogens is 2. The highest BCUT2D eigenvalue weighted by Crippen LogP contribution is 2.22. The van der Waals surface area contributed by atoms with Crippen LogP contribution in [0.1, 0.15) is 0 Å². The van der Waals surface area contributed by atoms with Crippen molar-refractivity contribution >= 4 is 23.4 Å². The van der Waals surface area contributed by atoms with Gasteiger partial charge in [-0.15, -0.1) is 11.8 Å². The fourth-order valence-electron chi connectivity index (χ4n) is 2.00. The van der Waals surface area contributed by atoms with Gasteiger partial charge in [-0.1, -0.05) is 12.1 Å². The molecule has 1 amide bonds. The van der Waals surface area contributed by atoms with Crippen molar-refractivity contribution in [1.29, 1.82) is 0 Å². The Morgan fingerprint density at radius 3 is 2.79 bits per heavy atom. The molecule has 0 bridgehead atoms. The van der Waals surface area contributed by atoms with E-state index in [-0.39, 0.29) is 11.7 Å². The Bertz CT molecular complexity index is 855. The van der Waals surface area contributed by atoms with Crippen LogP contribution in [0, 0.1) is 11.6 Å². The summed E-state index contributed by atoms with van der Waals surface area (Å²) in [4.78, 5) is 16.5. The standard InChI is InChI=1S/C16H12F2N4OS/c17-13-5-4-12(7-14(13)18)24-8-15(23)21-11-3-1-2-10(6-11)16-19-9-20-22-16/h1-7,9H,8H2,(H,21,23)(H,19,20,22). The maximum atomic E-state index is 13.1. The Balaban J connectivity index is 1.60. The van der Waals surface area contributed by atoms with Crippen LogP contribution in [0.25, 0.3) is 11.4 Å². The van der Waals surface area contributed by atoms with E-state index in [0.717, 1.165) is 29.5 Å². The predicted octanol–water partition coefficient (Wildman–Crippen LogP) is 3.48. The molecule has 0 aliphatic rings. The number of aromatic nitrogens is 3. The van der Waals surface area contributed by atoms with E-state index in [2.05, 4.69) is 20.5 Å². The highest BCUT2D eigenvalue weighted by atomic mass is 32.2. The third kappa shape index (κ3) is 3.96. The van der Waals surface area contributed by atoms with Crippen LogP contribution in [-0.4, -0.2) is 26.8 Å². The van der Waals surface area contributed by atoms with E-state index >= 15 is 0 Å². The van der Waals surface area contributed by atoms with Gasteiger partial charge in [-0.2, -0.15) is 5.10 Å². The number of benzene rings is 2. The number of nitrogens with one attached hydrogen (secondary N) is 2. The lowest BCUT2D eigenvalue weighted by Crippen LogP contribution is -2.14. The first-order valence-corrected chi connectivity index (χ1v) is 7.94. The number of rotatable bonds is 5. The molecule has 0 spiro atoms. The first kappa shape index (κ1) is 16.1. The number of aromatic amines is 1. The van der Waals surface area contributed by atoms with E-state index in [9.17, 15) is 13.6 Å². The van der Waals surface area contributed by atoms with E-state index in [0.29, 0.717) is 16.4 Å². The maximum Gasteiger partial charge on any atom is 0.234 e. The maximum absolute atomic E-state index is 13.1. The van der Waals surface area contributed by atoms with Crippen molar-refractivity contribution in [1.82, 2.24) is 15.2 Å². The van der Waals surface area contributed by atoms with Gasteiger partial charge in [0.1, 0.15) is 6.33 Å². The van der Waals surface area contributed by atoms with Gasteiger partial charge in [-0.05, 0) is 30.3 Å². The molecule has 0 fully saturated rings. The average Bonchev–Trinajstić information content (AvgIpc) is 3.11. The van der Waals surface area contributed by atoms with Crippen molar-refractivity contribution in [2.24, 2.45) is 0 Å². The van der Waals surface area contributed by atoms with Crippen LogP contribution in [0.3, 0.4) is 0 Å². The van der Waals surface area contributed by atoms with Gasteiger partial charge in [0.15, 0.2) is 17.5 Å². The second-order valence-electron chi connectivity index (χ2n) is 4.83. The van der Waals surface area contributed by atoms with E-state index in [1.54, 1.807) is 18.2 Å². The summed E-state index contributed by atoms with van der Waals surface area (Å²) in [6.45, 7) is 0. The lowest BCUT2D eigenvalue weighted by molar-refractivity contribution is -0.113. The van der Waals surface area contributed by atoms with E-state index in [1.165, 1.54) is 12.4 Å². The molecule has 2 aromatic carbocycles. The van der Waals surface area contributed by atoms with Crippen LogP contribution in [0.2, 0.25) is 0 Å². The lowest BCUT2D eigenvalue weighted by atomic mass is 10.2. The highest BCUT2D eigenvalue weighted by molar-refractivity contribution is 8.00. The minimum Gasteiger partial charge on any atom is -0.325 e. The third-order valence-electron chi connectivity index (χ3n) is 3.10. The number of amides is 1. The third-order valence-corrected chi connectivity index (χ3v) is 4.09. The molecule has 122 valence electrons. The van der Waals surface area contributed by atoms with Crippen LogP contribution >= 0.6 is 11.8 Å². The largest absolute Gasteiger partial charge is 0.325 e. The van der Waals surface area contributed by atoms with Crippen LogP contribution in [-0.2, 0) is 4.79 Å². The summed E-state index contributed by atoms with van der Waals surface area (Å²) in [7, 11) is 0. The Labute approximate surface area is 140 Å². The number of carbonyl (C=O) groups is 1. The molecule has 3 aromatic rings. The lowest BCUT2D eigenvalue weighted by Gasteiger charge is -2.07. The summed E-state index contributed by atoms with van der Waals surface area (Å²) in [6, 6.07) is 10.7. The number of hydrogen-bond donors (Lipinski definition) is 2. The zero-order chi connectivity index (χ0) is 16.9. The van der Waals surface area contributed by atoms with Gasteiger partial charge in [0, 0.05) is 16.1 Å². The van der Waals surface area contributed by atoms with Crippen molar-refractivity contribution in [2.75, 3.05) is 11.1 Å². The molecular weight excluding hydrogens is 334 g/mol. The number of anilines is 1. The van der Waals surface area contributed by atoms with Crippen molar-refractivity contribution in [2.45, 2.75) is 4.90 Å². The second kappa shape index (κ2) is 7.22. The van der Waals surface area contributed by atoms with Gasteiger partial charge < -0.3 is 5.32 Å². The normalized spacial score (nSPS) is 10.6. The predicted molar refractivity (Wildman–Crippen MR) is 87.5 cm³/mol. The van der Waals surface area contributed by atoms with Crippen molar-refractivity contribution in [3.8, 4) is 11.4 Å². The number of thioether (sulfide) groups is 1. The Kier molecular flexibility index (Phi) is 4.85. The molecule has 0 aliphatic heterocycles. The average molecular weight is 346 g/mol. The van der Waals surface area contributed by atoms with Gasteiger partial charge >= 0.3 is 0 Å². The Morgan fingerprint density at radius 2 is 2.04 bits per heavy atom. The molecule has 3 rings (SSSR count). The van der Waals surface area contributed by atoms with Crippen LogP contribution in [0.15, 0.2) is 53.7 Å². The smallest absolute Gasteiger partial charge is 0.234 e. The van der Waals surface area contributed by atoms with E-state index < -0.39 is 11.6 Å². The quantitative estimate of drug-likeness (QED) is 0.694. The van der Waals surface area contributed by atoms with Crippen LogP contribution in [0.5, 0.6) is 0 Å². The monoisotopic (exact) mass is 346 g/mol. The minimum atomic E-state index is -0.930. The summed E-state index contributed by atoms with van der Waals surface area (Å²) in [5.41, 5.74) is 1.40. The molecule has 1 heterocycles. The van der Waals surface area contributed by atoms with Crippen molar-refractivity contribution < 1.29 is 13.6 Å². The highest BCUT2D eigenvalue weighted by Gasteiger charge is 2.08. The molecule has 0 saturated carbocycles. The molecule has 0 aliphatic carbocycles. The molecule has 24 heavy (non-hydrogen) atoms. The SMILES string of the molecule is O=C(CSc1ccc(F)c(F)c1)Nc1cccc(-c2ncn[nH]2)c1. The summed E-state index contributed by atoms with van der Waals surface area (Å²) < 4.78 is 26.0. The number of H-pyrrole nitrogens is 1. The van der Waals surface area contributed by atoms with E-state index in [4.69, 9.17) is 0 Å². The Morgan fingerprint density at radius 1 is 1.17 bits per heavy atom. The van der Waals surface area contributed by atoms with Gasteiger partial charge in [0.05, 0.1) is 5.75 Å². The molecule has 0 unspecified atom stereocenters. The van der Waals surface area contributed by atoms with Gasteiger partial charge in [0.2, 0.25) is 5.91 Å². The molecule has 8 heteroatoms. The van der Waals surface area contributed by atoms with E-state index in [1.807, 2.05) is 6.07 Å².